The van der Waals surface area contributed by atoms with Crippen LogP contribution in [0.4, 0.5) is 4.39 Å². The lowest BCUT2D eigenvalue weighted by molar-refractivity contribution is -0.129. The van der Waals surface area contributed by atoms with Crippen LogP contribution in [0.3, 0.4) is 0 Å². The Morgan fingerprint density at radius 3 is 2.87 bits per heavy atom. The van der Waals surface area contributed by atoms with Gasteiger partial charge in [-0.15, -0.1) is 0 Å². The minimum atomic E-state index is -0.451. The monoisotopic (exact) mass is 341 g/mol. The summed E-state index contributed by atoms with van der Waals surface area (Å²) in [5, 5.41) is 2.95. The number of likely N-dealkylation sites (N-methyl/N-ethyl adjacent to an activating group) is 1. The summed E-state index contributed by atoms with van der Waals surface area (Å²) in [7, 11) is 3.87. The van der Waals surface area contributed by atoms with Gasteiger partial charge in [-0.25, -0.2) is 4.39 Å². The Hall–Kier alpha value is -1.66. The number of likely N-dealkylation sites (tertiary alicyclic amines) is 1. The van der Waals surface area contributed by atoms with E-state index in [1.165, 1.54) is 12.1 Å². The molecule has 0 aliphatic carbocycles. The molecule has 1 heterocycles. The highest BCUT2D eigenvalue weighted by molar-refractivity contribution is 6.31. The zero-order valence-electron chi connectivity index (χ0n) is 13.3. The molecule has 0 radical (unpaired) electrons. The molecule has 1 N–H and O–H groups in total. The molecule has 1 unspecified atom stereocenters. The van der Waals surface area contributed by atoms with Crippen molar-refractivity contribution in [1.82, 2.24) is 15.1 Å². The Morgan fingerprint density at radius 2 is 2.22 bits per heavy atom. The highest BCUT2D eigenvalue weighted by Gasteiger charge is 2.33. The van der Waals surface area contributed by atoms with Crippen LogP contribution in [0.1, 0.15) is 12.0 Å². The van der Waals surface area contributed by atoms with Crippen LogP contribution < -0.4 is 5.32 Å². The summed E-state index contributed by atoms with van der Waals surface area (Å²) in [4.78, 5) is 27.8. The van der Waals surface area contributed by atoms with Gasteiger partial charge in [-0.05, 0) is 26.2 Å². The average Bonchev–Trinajstić information content (AvgIpc) is 2.85. The minimum Gasteiger partial charge on any atom is -0.352 e. The van der Waals surface area contributed by atoms with Crippen LogP contribution in [0.15, 0.2) is 18.2 Å². The van der Waals surface area contributed by atoms with Crippen molar-refractivity contribution in [3.63, 3.8) is 0 Å². The molecular weight excluding hydrogens is 321 g/mol. The molecule has 0 bridgehead atoms. The van der Waals surface area contributed by atoms with Crippen LogP contribution in [0, 0.1) is 11.7 Å². The lowest BCUT2D eigenvalue weighted by Crippen LogP contribution is -2.35. The van der Waals surface area contributed by atoms with Crippen molar-refractivity contribution in [3.05, 3.63) is 34.6 Å². The Kier molecular flexibility index (Phi) is 5.96. The summed E-state index contributed by atoms with van der Waals surface area (Å²) in [6.45, 7) is 1.79. The highest BCUT2D eigenvalue weighted by Crippen LogP contribution is 2.20. The third kappa shape index (κ3) is 4.65. The van der Waals surface area contributed by atoms with Gasteiger partial charge in [0.1, 0.15) is 5.82 Å². The normalized spacial score (nSPS) is 17.9. The Bertz CT molecular complexity index is 574. The van der Waals surface area contributed by atoms with Crippen LogP contribution in [-0.4, -0.2) is 55.3 Å². The number of carbonyl (C=O) groups excluding carboxylic acids is 2. The van der Waals surface area contributed by atoms with Crippen molar-refractivity contribution in [1.29, 1.82) is 0 Å². The molecule has 2 amide bonds. The Balaban J connectivity index is 1.88. The van der Waals surface area contributed by atoms with Crippen LogP contribution >= 0.6 is 11.6 Å². The van der Waals surface area contributed by atoms with Gasteiger partial charge in [-0.1, -0.05) is 17.7 Å². The largest absolute Gasteiger partial charge is 0.352 e. The molecule has 0 aromatic heterocycles. The second-order valence-corrected chi connectivity index (χ2v) is 6.37. The number of hydrogen-bond donors (Lipinski definition) is 1. The van der Waals surface area contributed by atoms with E-state index >= 15 is 0 Å². The lowest BCUT2D eigenvalue weighted by atomic mass is 10.1. The smallest absolute Gasteiger partial charge is 0.225 e. The maximum Gasteiger partial charge on any atom is 0.225 e. The number of rotatable bonds is 6. The number of carbonyl (C=O) groups is 2. The fourth-order valence-electron chi connectivity index (χ4n) is 2.51. The summed E-state index contributed by atoms with van der Waals surface area (Å²) in [5.41, 5.74) is 0.260. The van der Waals surface area contributed by atoms with E-state index in [4.69, 9.17) is 11.6 Å². The summed E-state index contributed by atoms with van der Waals surface area (Å²) in [5.74, 6) is -1.11. The quantitative estimate of drug-likeness (QED) is 0.853. The maximum atomic E-state index is 13.7. The topological polar surface area (TPSA) is 52.6 Å². The number of hydrogen-bond acceptors (Lipinski definition) is 3. The van der Waals surface area contributed by atoms with Crippen LogP contribution in [-0.2, 0) is 16.1 Å². The first-order valence-corrected chi connectivity index (χ1v) is 7.89. The zero-order valence-corrected chi connectivity index (χ0v) is 14.1. The molecule has 0 spiro atoms. The van der Waals surface area contributed by atoms with Crippen LogP contribution in [0.2, 0.25) is 5.02 Å². The van der Waals surface area contributed by atoms with Crippen molar-refractivity contribution in [2.45, 2.75) is 13.0 Å². The predicted molar refractivity (Wildman–Crippen MR) is 86.5 cm³/mol. The Morgan fingerprint density at radius 1 is 1.48 bits per heavy atom. The van der Waals surface area contributed by atoms with Gasteiger partial charge in [0.25, 0.3) is 0 Å². The molecule has 1 aliphatic rings. The molecular formula is C16H21ClFN3O2. The Labute approximate surface area is 140 Å². The number of nitrogens with zero attached hydrogens (tertiary/aromatic N) is 2. The summed E-state index contributed by atoms with van der Waals surface area (Å²) in [6, 6.07) is 4.39. The molecule has 1 atom stereocenters. The molecule has 1 fully saturated rings. The number of benzene rings is 1. The third-order valence-corrected chi connectivity index (χ3v) is 4.26. The van der Waals surface area contributed by atoms with Gasteiger partial charge in [0.15, 0.2) is 0 Å². The summed E-state index contributed by atoms with van der Waals surface area (Å²) >= 11 is 5.93. The van der Waals surface area contributed by atoms with E-state index in [2.05, 4.69) is 5.32 Å². The number of halogens is 2. The van der Waals surface area contributed by atoms with Gasteiger partial charge in [0.2, 0.25) is 11.8 Å². The average molecular weight is 342 g/mol. The lowest BCUT2D eigenvalue weighted by Gasteiger charge is -2.19. The third-order valence-electron chi connectivity index (χ3n) is 3.90. The molecule has 23 heavy (non-hydrogen) atoms. The molecule has 1 aliphatic heterocycles. The zero-order chi connectivity index (χ0) is 17.0. The molecule has 1 aromatic rings. The van der Waals surface area contributed by atoms with Gasteiger partial charge in [0, 0.05) is 43.2 Å². The minimum absolute atomic E-state index is 0.0177. The molecule has 2 rings (SSSR count). The van der Waals surface area contributed by atoms with E-state index in [1.54, 1.807) is 11.0 Å². The van der Waals surface area contributed by atoms with Crippen molar-refractivity contribution >= 4 is 23.4 Å². The van der Waals surface area contributed by atoms with Crippen molar-refractivity contribution in [2.75, 3.05) is 33.7 Å². The van der Waals surface area contributed by atoms with Gasteiger partial charge < -0.3 is 15.1 Å². The van der Waals surface area contributed by atoms with Crippen molar-refractivity contribution in [2.24, 2.45) is 5.92 Å². The molecule has 0 saturated carbocycles. The summed E-state index contributed by atoms with van der Waals surface area (Å²) < 4.78 is 13.7. The van der Waals surface area contributed by atoms with E-state index in [-0.39, 0.29) is 35.4 Å². The summed E-state index contributed by atoms with van der Waals surface area (Å²) in [6.07, 6.45) is 0.199. The standard InChI is InChI=1S/C16H21ClFN3O2/c1-20(2)6-7-21-10-11(8-15(21)22)16(23)19-9-12-13(17)4-3-5-14(12)18/h3-5,11H,6-10H2,1-2H3,(H,19,23). The van der Waals surface area contributed by atoms with E-state index in [0.29, 0.717) is 13.1 Å². The first-order chi connectivity index (χ1) is 10.9. The first kappa shape index (κ1) is 17.7. The maximum absolute atomic E-state index is 13.7. The fraction of sp³-hybridized carbons (Fsp3) is 0.500. The second kappa shape index (κ2) is 7.75. The molecule has 1 saturated heterocycles. The van der Waals surface area contributed by atoms with Crippen LogP contribution in [0.25, 0.3) is 0 Å². The highest BCUT2D eigenvalue weighted by atomic mass is 35.5. The second-order valence-electron chi connectivity index (χ2n) is 5.96. The van der Waals surface area contributed by atoms with E-state index < -0.39 is 11.7 Å². The first-order valence-electron chi connectivity index (χ1n) is 7.51. The molecule has 7 heteroatoms. The molecule has 1 aromatic carbocycles. The SMILES string of the molecule is CN(C)CCN1CC(C(=O)NCc2c(F)cccc2Cl)CC1=O. The van der Waals surface area contributed by atoms with Gasteiger partial charge >= 0.3 is 0 Å². The van der Waals surface area contributed by atoms with Gasteiger partial charge in [0.05, 0.1) is 5.92 Å². The molecule has 126 valence electrons. The van der Waals surface area contributed by atoms with Crippen molar-refractivity contribution < 1.29 is 14.0 Å². The van der Waals surface area contributed by atoms with E-state index in [0.717, 1.165) is 6.54 Å². The van der Waals surface area contributed by atoms with Gasteiger partial charge in [-0.2, -0.15) is 0 Å². The molecule has 5 nitrogen and oxygen atoms in total. The number of amides is 2. The van der Waals surface area contributed by atoms with Gasteiger partial charge in [-0.3, -0.25) is 9.59 Å². The predicted octanol–water partition coefficient (Wildman–Crippen LogP) is 1.51. The fourth-order valence-corrected chi connectivity index (χ4v) is 2.74. The van der Waals surface area contributed by atoms with E-state index in [1.807, 2.05) is 19.0 Å². The van der Waals surface area contributed by atoms with Crippen molar-refractivity contribution in [3.8, 4) is 0 Å². The number of nitrogens with one attached hydrogen (secondary N) is 1. The van der Waals surface area contributed by atoms with Crippen LogP contribution in [0.5, 0.6) is 0 Å². The van der Waals surface area contributed by atoms with E-state index in [9.17, 15) is 14.0 Å².